The van der Waals surface area contributed by atoms with Gasteiger partial charge in [-0.25, -0.2) is 9.97 Å². The highest BCUT2D eigenvalue weighted by Gasteiger charge is 2.04. The third-order valence-electron chi connectivity index (χ3n) is 4.58. The van der Waals surface area contributed by atoms with Crippen molar-refractivity contribution in [2.75, 3.05) is 26.1 Å². The highest BCUT2D eigenvalue weighted by molar-refractivity contribution is 5.87. The maximum Gasteiger partial charge on any atom is 0.181 e. The average molecular weight is 388 g/mol. The van der Waals surface area contributed by atoms with Crippen molar-refractivity contribution in [1.29, 1.82) is 0 Å². The van der Waals surface area contributed by atoms with Gasteiger partial charge in [0, 0.05) is 23.7 Å². The SMILES string of the molecule is CN(C)Cc1ccc(COCNc2cc3cc(-c4cnco4)ccc3cn2)cc1. The van der Waals surface area contributed by atoms with Crippen molar-refractivity contribution >= 4 is 16.6 Å². The molecule has 0 unspecified atom stereocenters. The zero-order chi connectivity index (χ0) is 20.1. The number of anilines is 1. The van der Waals surface area contributed by atoms with E-state index in [9.17, 15) is 0 Å². The van der Waals surface area contributed by atoms with E-state index in [0.717, 1.165) is 40.0 Å². The van der Waals surface area contributed by atoms with E-state index in [4.69, 9.17) is 9.15 Å². The fraction of sp³-hybridized carbons (Fsp3) is 0.217. The first kappa shape index (κ1) is 19.1. The lowest BCUT2D eigenvalue weighted by molar-refractivity contribution is 0.138. The average Bonchev–Trinajstić information content (AvgIpc) is 3.26. The van der Waals surface area contributed by atoms with Gasteiger partial charge in [0.25, 0.3) is 0 Å². The first-order chi connectivity index (χ1) is 14.2. The van der Waals surface area contributed by atoms with Crippen LogP contribution in [0.5, 0.6) is 0 Å². The van der Waals surface area contributed by atoms with E-state index < -0.39 is 0 Å². The van der Waals surface area contributed by atoms with Gasteiger partial charge in [-0.1, -0.05) is 36.4 Å². The Labute approximate surface area is 170 Å². The van der Waals surface area contributed by atoms with Crippen LogP contribution in [0, 0.1) is 0 Å². The van der Waals surface area contributed by atoms with Gasteiger partial charge in [-0.3, -0.25) is 0 Å². The number of hydrogen-bond donors (Lipinski definition) is 1. The summed E-state index contributed by atoms with van der Waals surface area (Å²) < 4.78 is 11.1. The van der Waals surface area contributed by atoms with Crippen molar-refractivity contribution in [3.8, 4) is 11.3 Å². The molecule has 148 valence electrons. The molecule has 0 spiro atoms. The molecule has 6 nitrogen and oxygen atoms in total. The van der Waals surface area contributed by atoms with Crippen LogP contribution in [-0.4, -0.2) is 35.7 Å². The van der Waals surface area contributed by atoms with Gasteiger partial charge >= 0.3 is 0 Å². The number of hydrogen-bond acceptors (Lipinski definition) is 6. The van der Waals surface area contributed by atoms with E-state index in [1.807, 2.05) is 24.4 Å². The van der Waals surface area contributed by atoms with Crippen molar-refractivity contribution in [3.63, 3.8) is 0 Å². The van der Waals surface area contributed by atoms with Crippen molar-refractivity contribution in [2.45, 2.75) is 13.2 Å². The number of rotatable bonds is 8. The van der Waals surface area contributed by atoms with Crippen LogP contribution in [0.15, 0.2) is 71.7 Å². The number of nitrogens with zero attached hydrogens (tertiary/aromatic N) is 3. The summed E-state index contributed by atoms with van der Waals surface area (Å²) in [6.45, 7) is 1.88. The van der Waals surface area contributed by atoms with E-state index in [1.54, 1.807) is 6.20 Å². The third kappa shape index (κ3) is 4.99. The van der Waals surface area contributed by atoms with Crippen LogP contribution in [0.1, 0.15) is 11.1 Å². The number of fused-ring (bicyclic) bond motifs is 1. The Kier molecular flexibility index (Phi) is 5.84. The van der Waals surface area contributed by atoms with Gasteiger partial charge in [-0.15, -0.1) is 0 Å². The van der Waals surface area contributed by atoms with Crippen molar-refractivity contribution in [3.05, 3.63) is 78.4 Å². The van der Waals surface area contributed by atoms with Crippen LogP contribution in [0.2, 0.25) is 0 Å². The molecule has 0 fully saturated rings. The van der Waals surface area contributed by atoms with E-state index in [-0.39, 0.29) is 0 Å². The lowest BCUT2D eigenvalue weighted by Gasteiger charge is -2.11. The van der Waals surface area contributed by atoms with Crippen molar-refractivity contribution in [1.82, 2.24) is 14.9 Å². The minimum absolute atomic E-state index is 0.389. The summed E-state index contributed by atoms with van der Waals surface area (Å²) >= 11 is 0. The summed E-state index contributed by atoms with van der Waals surface area (Å²) in [5.41, 5.74) is 3.43. The fourth-order valence-corrected chi connectivity index (χ4v) is 3.15. The van der Waals surface area contributed by atoms with Gasteiger partial charge in [0.2, 0.25) is 0 Å². The number of ether oxygens (including phenoxy) is 1. The second-order valence-corrected chi connectivity index (χ2v) is 7.22. The molecule has 0 saturated heterocycles. The molecule has 6 heteroatoms. The molecule has 2 aromatic carbocycles. The van der Waals surface area contributed by atoms with Crippen LogP contribution in [-0.2, 0) is 17.9 Å². The molecule has 29 heavy (non-hydrogen) atoms. The highest BCUT2D eigenvalue weighted by Crippen LogP contribution is 2.25. The molecular formula is C23H24N4O2. The smallest absolute Gasteiger partial charge is 0.181 e. The Morgan fingerprint density at radius 2 is 1.79 bits per heavy atom. The Bertz CT molecular complexity index is 1060. The molecule has 2 heterocycles. The molecule has 0 amide bonds. The van der Waals surface area contributed by atoms with E-state index in [2.05, 4.69) is 64.6 Å². The number of oxazole rings is 1. The maximum atomic E-state index is 5.75. The first-order valence-electron chi connectivity index (χ1n) is 9.50. The third-order valence-corrected chi connectivity index (χ3v) is 4.58. The van der Waals surface area contributed by atoms with Crippen LogP contribution >= 0.6 is 0 Å². The molecule has 0 aliphatic carbocycles. The summed E-state index contributed by atoms with van der Waals surface area (Å²) in [4.78, 5) is 10.6. The van der Waals surface area contributed by atoms with Crippen molar-refractivity contribution < 1.29 is 9.15 Å². The normalized spacial score (nSPS) is 11.3. The molecule has 4 aromatic rings. The Morgan fingerprint density at radius 3 is 2.55 bits per heavy atom. The number of pyridine rings is 1. The lowest BCUT2D eigenvalue weighted by atomic mass is 10.1. The van der Waals surface area contributed by atoms with Gasteiger partial charge in [-0.05, 0) is 42.7 Å². The second kappa shape index (κ2) is 8.86. The quantitative estimate of drug-likeness (QED) is 0.353. The molecular weight excluding hydrogens is 364 g/mol. The van der Waals surface area contributed by atoms with Crippen LogP contribution < -0.4 is 5.32 Å². The Balaban J connectivity index is 1.33. The first-order valence-corrected chi connectivity index (χ1v) is 9.50. The minimum atomic E-state index is 0.389. The molecule has 0 aliphatic rings. The summed E-state index contributed by atoms with van der Waals surface area (Å²) in [5, 5.41) is 5.37. The molecule has 4 rings (SSSR count). The van der Waals surface area contributed by atoms with E-state index in [0.29, 0.717) is 13.3 Å². The highest BCUT2D eigenvalue weighted by atomic mass is 16.5. The molecule has 0 radical (unpaired) electrons. The van der Waals surface area contributed by atoms with Crippen LogP contribution in [0.25, 0.3) is 22.1 Å². The summed E-state index contributed by atoms with van der Waals surface area (Å²) in [6.07, 6.45) is 5.00. The molecule has 0 bridgehead atoms. The number of nitrogens with one attached hydrogen (secondary N) is 1. The topological polar surface area (TPSA) is 63.4 Å². The Hall–Kier alpha value is -3.22. The van der Waals surface area contributed by atoms with Gasteiger partial charge in [-0.2, -0.15) is 0 Å². The van der Waals surface area contributed by atoms with E-state index in [1.165, 1.54) is 12.0 Å². The molecule has 1 N–H and O–H groups in total. The second-order valence-electron chi connectivity index (χ2n) is 7.22. The Morgan fingerprint density at radius 1 is 0.966 bits per heavy atom. The van der Waals surface area contributed by atoms with Crippen LogP contribution in [0.3, 0.4) is 0 Å². The van der Waals surface area contributed by atoms with Crippen molar-refractivity contribution in [2.24, 2.45) is 0 Å². The van der Waals surface area contributed by atoms with Gasteiger partial charge in [0.1, 0.15) is 12.5 Å². The predicted molar refractivity (Wildman–Crippen MR) is 114 cm³/mol. The fourth-order valence-electron chi connectivity index (χ4n) is 3.15. The monoisotopic (exact) mass is 388 g/mol. The summed E-state index contributed by atoms with van der Waals surface area (Å²) in [7, 11) is 4.14. The molecule has 0 aliphatic heterocycles. The number of aromatic nitrogens is 2. The van der Waals surface area contributed by atoms with Crippen LogP contribution in [0.4, 0.5) is 5.82 Å². The largest absolute Gasteiger partial charge is 0.444 e. The van der Waals surface area contributed by atoms with E-state index >= 15 is 0 Å². The zero-order valence-corrected chi connectivity index (χ0v) is 16.6. The summed E-state index contributed by atoms with van der Waals surface area (Å²) in [5.74, 6) is 1.52. The van der Waals surface area contributed by atoms with Gasteiger partial charge < -0.3 is 19.4 Å². The van der Waals surface area contributed by atoms with Gasteiger partial charge in [0.15, 0.2) is 12.2 Å². The predicted octanol–water partition coefficient (Wildman–Crippen LogP) is 4.54. The molecule has 2 aromatic heterocycles. The number of benzene rings is 2. The molecule has 0 atom stereocenters. The zero-order valence-electron chi connectivity index (χ0n) is 16.6. The molecule has 0 saturated carbocycles. The standard InChI is InChI=1S/C23H24N4O2/c1-27(2)13-17-3-5-18(6-4-17)14-28-16-26-23-10-21-9-19(22-12-24-15-29-22)7-8-20(21)11-25-23/h3-12,15H,13-14,16H2,1-2H3,(H,25,26). The summed E-state index contributed by atoms with van der Waals surface area (Å²) in [6, 6.07) is 16.6. The van der Waals surface area contributed by atoms with Gasteiger partial charge in [0.05, 0.1) is 12.8 Å². The maximum absolute atomic E-state index is 5.75. The lowest BCUT2D eigenvalue weighted by Crippen LogP contribution is -2.10. The minimum Gasteiger partial charge on any atom is -0.444 e.